The van der Waals surface area contributed by atoms with Gasteiger partial charge in [0, 0.05) is 22.0 Å². The summed E-state index contributed by atoms with van der Waals surface area (Å²) in [7, 11) is 0. The van der Waals surface area contributed by atoms with Crippen LogP contribution in [0.15, 0.2) is 34.8 Å². The zero-order valence-corrected chi connectivity index (χ0v) is 13.6. The van der Waals surface area contributed by atoms with Crippen LogP contribution in [0.3, 0.4) is 0 Å². The number of hydrogen-bond acceptors (Lipinski definition) is 3. The Bertz CT molecular complexity index is 673. The summed E-state index contributed by atoms with van der Waals surface area (Å²) in [6, 6.07) is 9.39. The van der Waals surface area contributed by atoms with E-state index in [1.165, 1.54) is 5.56 Å². The summed E-state index contributed by atoms with van der Waals surface area (Å²) in [5, 5.41) is 9.86. The molecule has 21 heavy (non-hydrogen) atoms. The molecule has 0 aliphatic carbocycles. The summed E-state index contributed by atoms with van der Waals surface area (Å²) in [5.41, 5.74) is 2.83. The third-order valence-electron chi connectivity index (χ3n) is 3.42. The molecule has 0 amide bonds. The molecular formula is C16H14BrClO3. The highest BCUT2D eigenvalue weighted by Gasteiger charge is 2.18. The summed E-state index contributed by atoms with van der Waals surface area (Å²) >= 11 is 9.65. The number of aliphatic hydroxyl groups is 1. The highest BCUT2D eigenvalue weighted by Crippen LogP contribution is 2.35. The number of aliphatic hydroxyl groups excluding tert-OH is 1. The first kappa shape index (κ1) is 14.7. The quantitative estimate of drug-likeness (QED) is 0.881. The maximum atomic E-state index is 9.37. The minimum Gasteiger partial charge on any atom is -0.493 e. The first-order valence-electron chi connectivity index (χ1n) is 6.64. The van der Waals surface area contributed by atoms with Gasteiger partial charge in [0.1, 0.15) is 18.1 Å². The lowest BCUT2D eigenvalue weighted by atomic mass is 10.1. The third-order valence-corrected chi connectivity index (χ3v) is 4.17. The second kappa shape index (κ2) is 6.26. The summed E-state index contributed by atoms with van der Waals surface area (Å²) in [6.07, 6.45) is 0.912. The van der Waals surface area contributed by atoms with E-state index < -0.39 is 0 Å². The van der Waals surface area contributed by atoms with Gasteiger partial charge in [-0.1, -0.05) is 39.7 Å². The predicted octanol–water partition coefficient (Wildman–Crippen LogP) is 4.11. The van der Waals surface area contributed by atoms with E-state index in [1.807, 2.05) is 6.07 Å². The van der Waals surface area contributed by atoms with Crippen LogP contribution in [0.1, 0.15) is 16.7 Å². The normalized spacial score (nSPS) is 12.9. The fourth-order valence-electron chi connectivity index (χ4n) is 2.44. The number of benzene rings is 2. The van der Waals surface area contributed by atoms with Gasteiger partial charge in [-0.05, 0) is 23.8 Å². The maximum absolute atomic E-state index is 9.37. The topological polar surface area (TPSA) is 38.7 Å². The molecule has 0 saturated carbocycles. The van der Waals surface area contributed by atoms with Crippen LogP contribution in [0, 0.1) is 0 Å². The first-order valence-corrected chi connectivity index (χ1v) is 7.81. The van der Waals surface area contributed by atoms with Gasteiger partial charge in [-0.2, -0.15) is 0 Å². The molecule has 0 fully saturated rings. The van der Waals surface area contributed by atoms with Crippen molar-refractivity contribution in [2.24, 2.45) is 0 Å². The lowest BCUT2D eigenvalue weighted by molar-refractivity contribution is 0.256. The minimum atomic E-state index is -0.108. The minimum absolute atomic E-state index is 0.108. The molecular weight excluding hydrogens is 356 g/mol. The zero-order valence-electron chi connectivity index (χ0n) is 11.2. The molecule has 110 valence electrons. The second-order valence-corrected chi connectivity index (χ2v) is 6.15. The third kappa shape index (κ3) is 3.03. The molecule has 1 aliphatic heterocycles. The van der Waals surface area contributed by atoms with Gasteiger partial charge in [0.15, 0.2) is 0 Å². The SMILES string of the molecule is OCc1cccc(Cl)c1OCc1cc(Br)cc2c1OCC2. The van der Waals surface area contributed by atoms with E-state index in [1.54, 1.807) is 18.2 Å². The van der Waals surface area contributed by atoms with Crippen molar-refractivity contribution in [2.75, 3.05) is 6.61 Å². The van der Waals surface area contributed by atoms with Crippen molar-refractivity contribution < 1.29 is 14.6 Å². The molecule has 0 bridgehead atoms. The predicted molar refractivity (Wildman–Crippen MR) is 85.0 cm³/mol. The van der Waals surface area contributed by atoms with E-state index in [0.717, 1.165) is 22.2 Å². The van der Waals surface area contributed by atoms with Gasteiger partial charge in [-0.3, -0.25) is 0 Å². The van der Waals surface area contributed by atoms with Crippen LogP contribution in [0.4, 0.5) is 0 Å². The molecule has 0 saturated heterocycles. The number of ether oxygens (including phenoxy) is 2. The van der Waals surface area contributed by atoms with Crippen molar-refractivity contribution in [3.63, 3.8) is 0 Å². The summed E-state index contributed by atoms with van der Waals surface area (Å²) < 4.78 is 12.5. The average molecular weight is 370 g/mol. The van der Waals surface area contributed by atoms with Crippen molar-refractivity contribution in [3.8, 4) is 11.5 Å². The number of hydrogen-bond donors (Lipinski definition) is 1. The van der Waals surface area contributed by atoms with Crippen molar-refractivity contribution in [3.05, 3.63) is 56.5 Å². The van der Waals surface area contributed by atoms with Gasteiger partial charge in [0.2, 0.25) is 0 Å². The van der Waals surface area contributed by atoms with Crippen LogP contribution < -0.4 is 9.47 Å². The molecule has 0 unspecified atom stereocenters. The Kier molecular flexibility index (Phi) is 4.38. The van der Waals surface area contributed by atoms with Crippen LogP contribution in [-0.4, -0.2) is 11.7 Å². The monoisotopic (exact) mass is 368 g/mol. The molecule has 2 aromatic carbocycles. The van der Waals surface area contributed by atoms with Crippen LogP contribution in [-0.2, 0) is 19.6 Å². The fraction of sp³-hybridized carbons (Fsp3) is 0.250. The van der Waals surface area contributed by atoms with Crippen LogP contribution >= 0.6 is 27.5 Å². The number of para-hydroxylation sites is 1. The van der Waals surface area contributed by atoms with Gasteiger partial charge in [-0.15, -0.1) is 0 Å². The molecule has 1 N–H and O–H groups in total. The highest BCUT2D eigenvalue weighted by molar-refractivity contribution is 9.10. The van der Waals surface area contributed by atoms with Crippen LogP contribution in [0.25, 0.3) is 0 Å². The van der Waals surface area contributed by atoms with E-state index in [9.17, 15) is 5.11 Å². The molecule has 1 aliphatic rings. The summed E-state index contributed by atoms with van der Waals surface area (Å²) in [5.74, 6) is 1.42. The molecule has 2 aromatic rings. The lowest BCUT2D eigenvalue weighted by Gasteiger charge is -2.14. The van der Waals surface area contributed by atoms with Gasteiger partial charge in [0.25, 0.3) is 0 Å². The zero-order chi connectivity index (χ0) is 14.8. The molecule has 0 radical (unpaired) electrons. The van der Waals surface area contributed by atoms with Gasteiger partial charge in [0.05, 0.1) is 18.2 Å². The Morgan fingerprint density at radius 3 is 2.95 bits per heavy atom. The van der Waals surface area contributed by atoms with Gasteiger partial charge >= 0.3 is 0 Å². The molecule has 3 rings (SSSR count). The Morgan fingerprint density at radius 2 is 2.14 bits per heavy atom. The number of rotatable bonds is 4. The first-order chi connectivity index (χ1) is 10.2. The van der Waals surface area contributed by atoms with Gasteiger partial charge < -0.3 is 14.6 Å². The molecule has 0 atom stereocenters. The Hall–Kier alpha value is -1.23. The Morgan fingerprint density at radius 1 is 1.29 bits per heavy atom. The van der Waals surface area contributed by atoms with Crippen molar-refractivity contribution in [2.45, 2.75) is 19.6 Å². The van der Waals surface area contributed by atoms with Crippen LogP contribution in [0.2, 0.25) is 5.02 Å². The standard InChI is InChI=1S/C16H14BrClO3/c17-13-6-10-4-5-20-15(10)12(7-13)9-21-16-11(8-19)2-1-3-14(16)18/h1-3,6-7,19H,4-5,8-9H2. The molecule has 0 spiro atoms. The highest BCUT2D eigenvalue weighted by atomic mass is 79.9. The van der Waals surface area contributed by atoms with E-state index in [-0.39, 0.29) is 6.61 Å². The summed E-state index contributed by atoms with van der Waals surface area (Å²) in [6.45, 7) is 0.939. The second-order valence-electron chi connectivity index (χ2n) is 4.83. The smallest absolute Gasteiger partial charge is 0.143 e. The van der Waals surface area contributed by atoms with E-state index >= 15 is 0 Å². The van der Waals surface area contributed by atoms with Crippen LogP contribution in [0.5, 0.6) is 11.5 Å². The van der Waals surface area contributed by atoms with E-state index in [0.29, 0.717) is 29.5 Å². The largest absolute Gasteiger partial charge is 0.493 e. The van der Waals surface area contributed by atoms with Crippen molar-refractivity contribution in [1.29, 1.82) is 0 Å². The summed E-state index contributed by atoms with van der Waals surface area (Å²) in [4.78, 5) is 0. The molecule has 0 aromatic heterocycles. The van der Waals surface area contributed by atoms with Crippen molar-refractivity contribution in [1.82, 2.24) is 0 Å². The Balaban J connectivity index is 1.86. The number of halogens is 2. The van der Waals surface area contributed by atoms with Gasteiger partial charge in [-0.25, -0.2) is 0 Å². The van der Waals surface area contributed by atoms with E-state index in [2.05, 4.69) is 22.0 Å². The molecule has 1 heterocycles. The fourth-order valence-corrected chi connectivity index (χ4v) is 3.24. The maximum Gasteiger partial charge on any atom is 0.143 e. The lowest BCUT2D eigenvalue weighted by Crippen LogP contribution is -2.01. The molecule has 5 heteroatoms. The Labute approximate surface area is 136 Å². The van der Waals surface area contributed by atoms with Crippen molar-refractivity contribution >= 4 is 27.5 Å². The molecule has 3 nitrogen and oxygen atoms in total. The number of fused-ring (bicyclic) bond motifs is 1. The van der Waals surface area contributed by atoms with E-state index in [4.69, 9.17) is 21.1 Å². The average Bonchev–Trinajstić information content (AvgIpc) is 2.93.